The number of imide groups is 2. The van der Waals surface area contributed by atoms with Crippen LogP contribution in [0.5, 0.6) is 0 Å². The molecule has 0 bridgehead atoms. The summed E-state index contributed by atoms with van der Waals surface area (Å²) in [6.45, 7) is 7.33. The Morgan fingerprint density at radius 1 is 0.615 bits per heavy atom. The van der Waals surface area contributed by atoms with Gasteiger partial charge in [0.1, 0.15) is 0 Å². The fourth-order valence-corrected chi connectivity index (χ4v) is 3.56. The maximum absolute atomic E-state index is 12.7. The molecule has 6 nitrogen and oxygen atoms in total. The predicted octanol–water partition coefficient (Wildman–Crippen LogP) is 2.40. The highest BCUT2D eigenvalue weighted by Crippen LogP contribution is 2.37. The average molecular weight is 346 g/mol. The van der Waals surface area contributed by atoms with E-state index in [0.717, 1.165) is 9.80 Å². The van der Waals surface area contributed by atoms with Crippen LogP contribution < -0.4 is 0 Å². The van der Waals surface area contributed by atoms with Crippen LogP contribution in [0.25, 0.3) is 10.8 Å². The van der Waals surface area contributed by atoms with Gasteiger partial charge in [-0.2, -0.15) is 0 Å². The van der Waals surface area contributed by atoms with Gasteiger partial charge >= 0.3 is 0 Å². The van der Waals surface area contributed by atoms with Crippen molar-refractivity contribution in [3.05, 3.63) is 71.8 Å². The van der Waals surface area contributed by atoms with Crippen LogP contribution in [-0.2, 0) is 0 Å². The average Bonchev–Trinajstić information content (AvgIpc) is 2.64. The van der Waals surface area contributed by atoms with Gasteiger partial charge in [-0.25, -0.2) is 0 Å². The van der Waals surface area contributed by atoms with E-state index in [4.69, 9.17) is 0 Å². The molecule has 128 valence electrons. The fourth-order valence-electron chi connectivity index (χ4n) is 3.56. The lowest BCUT2D eigenvalue weighted by Gasteiger charge is -2.31. The predicted molar refractivity (Wildman–Crippen MR) is 95.1 cm³/mol. The fraction of sp³-hybridized carbons (Fsp3) is 0.100. The molecule has 0 aromatic heterocycles. The second kappa shape index (κ2) is 5.49. The van der Waals surface area contributed by atoms with E-state index >= 15 is 0 Å². The molecule has 4 amide bonds. The van der Waals surface area contributed by atoms with E-state index in [0.29, 0.717) is 33.0 Å². The summed E-state index contributed by atoms with van der Waals surface area (Å²) >= 11 is 0. The summed E-state index contributed by atoms with van der Waals surface area (Å²) in [7, 11) is 0. The van der Waals surface area contributed by atoms with E-state index in [1.165, 1.54) is 36.4 Å². The van der Waals surface area contributed by atoms with E-state index in [9.17, 15) is 19.2 Å². The maximum atomic E-state index is 12.7. The van der Waals surface area contributed by atoms with Crippen molar-refractivity contribution < 1.29 is 19.2 Å². The van der Waals surface area contributed by atoms with Crippen molar-refractivity contribution >= 4 is 34.4 Å². The number of nitrogens with zero attached hydrogens (tertiary/aromatic N) is 2. The standard InChI is InChI=1S/C20H14N2O4/c1-3-9-21-17(23)11-5-7-13-16-14(8-6-12(15(11)16)18(21)24)20(26)22(10-4-2)19(13)25/h3-8H,1-2,9-10H2. The van der Waals surface area contributed by atoms with Crippen LogP contribution in [0.15, 0.2) is 49.6 Å². The molecule has 0 radical (unpaired) electrons. The van der Waals surface area contributed by atoms with Crippen LogP contribution in [0.2, 0.25) is 0 Å². The Labute approximate surface area is 149 Å². The number of benzene rings is 2. The molecular formula is C20H14N2O4. The maximum Gasteiger partial charge on any atom is 0.261 e. The number of amides is 4. The zero-order valence-corrected chi connectivity index (χ0v) is 13.8. The Morgan fingerprint density at radius 3 is 1.12 bits per heavy atom. The SMILES string of the molecule is C=CCN1C(=O)c2ccc3c4c(ccc(c24)C1=O)C(=O)N(CC=C)C3=O. The van der Waals surface area contributed by atoms with Crippen molar-refractivity contribution in [1.29, 1.82) is 0 Å². The number of hydrogen-bond acceptors (Lipinski definition) is 4. The monoisotopic (exact) mass is 346 g/mol. The molecule has 2 aromatic carbocycles. The Morgan fingerprint density at radius 2 is 0.885 bits per heavy atom. The first kappa shape index (κ1) is 16.0. The first-order valence-corrected chi connectivity index (χ1v) is 8.05. The number of carbonyl (C=O) groups excluding carboxylic acids is 4. The molecular weight excluding hydrogens is 332 g/mol. The Bertz CT molecular complexity index is 912. The highest BCUT2D eigenvalue weighted by atomic mass is 16.2. The van der Waals surface area contributed by atoms with Crippen LogP contribution in [-0.4, -0.2) is 46.5 Å². The largest absolute Gasteiger partial charge is 0.270 e. The number of rotatable bonds is 4. The molecule has 0 N–H and O–H groups in total. The van der Waals surface area contributed by atoms with Crippen molar-refractivity contribution in [2.75, 3.05) is 13.1 Å². The third-order valence-corrected chi connectivity index (χ3v) is 4.69. The van der Waals surface area contributed by atoms with Gasteiger partial charge in [0.05, 0.1) is 0 Å². The summed E-state index contributed by atoms with van der Waals surface area (Å²) < 4.78 is 0. The molecule has 0 fully saturated rings. The first-order valence-electron chi connectivity index (χ1n) is 8.05. The topological polar surface area (TPSA) is 74.8 Å². The minimum Gasteiger partial charge on any atom is -0.270 e. The lowest BCUT2D eigenvalue weighted by atomic mass is 9.86. The summed E-state index contributed by atoms with van der Waals surface area (Å²) in [6, 6.07) is 6.15. The molecule has 0 atom stereocenters. The second-order valence-electron chi connectivity index (χ2n) is 6.09. The minimum absolute atomic E-state index is 0.0904. The number of hydrogen-bond donors (Lipinski definition) is 0. The summed E-state index contributed by atoms with van der Waals surface area (Å²) in [5.74, 6) is -1.84. The van der Waals surface area contributed by atoms with Crippen LogP contribution in [0.4, 0.5) is 0 Å². The molecule has 4 rings (SSSR count). The van der Waals surface area contributed by atoms with Crippen molar-refractivity contribution in [2.45, 2.75) is 0 Å². The Hall–Kier alpha value is -3.54. The summed E-state index contributed by atoms with van der Waals surface area (Å²) in [5, 5.41) is 0.741. The van der Waals surface area contributed by atoms with Gasteiger partial charge < -0.3 is 0 Å². The normalized spacial score (nSPS) is 15.7. The molecule has 0 saturated heterocycles. The van der Waals surface area contributed by atoms with Crippen LogP contribution >= 0.6 is 0 Å². The van der Waals surface area contributed by atoms with E-state index in [2.05, 4.69) is 13.2 Å². The molecule has 0 saturated carbocycles. The van der Waals surface area contributed by atoms with Gasteiger partial charge in [0, 0.05) is 46.1 Å². The molecule has 2 aromatic rings. The molecule has 26 heavy (non-hydrogen) atoms. The Kier molecular flexibility index (Phi) is 3.37. The lowest BCUT2D eigenvalue weighted by molar-refractivity contribution is 0.0607. The Balaban J connectivity index is 2.05. The van der Waals surface area contributed by atoms with Gasteiger partial charge in [0.15, 0.2) is 0 Å². The van der Waals surface area contributed by atoms with Crippen molar-refractivity contribution in [3.63, 3.8) is 0 Å². The van der Waals surface area contributed by atoms with Gasteiger partial charge in [-0.15, -0.1) is 13.2 Å². The molecule has 0 aliphatic carbocycles. The zero-order chi connectivity index (χ0) is 18.6. The van der Waals surface area contributed by atoms with Crippen molar-refractivity contribution in [2.24, 2.45) is 0 Å². The van der Waals surface area contributed by atoms with E-state index in [1.807, 2.05) is 0 Å². The van der Waals surface area contributed by atoms with E-state index < -0.39 is 23.6 Å². The molecule has 6 heteroatoms. The first-order chi connectivity index (χ1) is 12.5. The third kappa shape index (κ3) is 1.86. The third-order valence-electron chi connectivity index (χ3n) is 4.69. The van der Waals surface area contributed by atoms with Gasteiger partial charge in [-0.05, 0) is 24.3 Å². The lowest BCUT2D eigenvalue weighted by Crippen LogP contribution is -2.43. The summed E-state index contributed by atoms with van der Waals surface area (Å²) in [4.78, 5) is 53.1. The van der Waals surface area contributed by atoms with Crippen LogP contribution in [0.3, 0.4) is 0 Å². The summed E-state index contributed by atoms with van der Waals surface area (Å²) in [6.07, 6.45) is 2.95. The molecule has 2 aliphatic rings. The number of carbonyl (C=O) groups is 4. The van der Waals surface area contributed by atoms with Crippen molar-refractivity contribution in [1.82, 2.24) is 9.80 Å². The summed E-state index contributed by atoms with van der Waals surface area (Å²) in [5.41, 5.74) is 1.22. The van der Waals surface area contributed by atoms with E-state index in [1.54, 1.807) is 0 Å². The minimum atomic E-state index is -0.459. The van der Waals surface area contributed by atoms with Gasteiger partial charge in [-0.1, -0.05) is 12.2 Å². The van der Waals surface area contributed by atoms with Crippen LogP contribution in [0.1, 0.15) is 41.4 Å². The second-order valence-corrected chi connectivity index (χ2v) is 6.09. The molecule has 2 aliphatic heterocycles. The molecule has 2 heterocycles. The van der Waals surface area contributed by atoms with Crippen LogP contribution in [0, 0.1) is 0 Å². The highest BCUT2D eigenvalue weighted by molar-refractivity contribution is 6.33. The molecule has 0 unspecified atom stereocenters. The van der Waals surface area contributed by atoms with E-state index in [-0.39, 0.29) is 13.1 Å². The highest BCUT2D eigenvalue weighted by Gasteiger charge is 2.38. The van der Waals surface area contributed by atoms with Crippen molar-refractivity contribution in [3.8, 4) is 0 Å². The van der Waals surface area contributed by atoms with Gasteiger partial charge in [0.25, 0.3) is 23.6 Å². The zero-order valence-electron chi connectivity index (χ0n) is 13.8. The van der Waals surface area contributed by atoms with Gasteiger partial charge in [0.2, 0.25) is 0 Å². The smallest absolute Gasteiger partial charge is 0.261 e. The van der Waals surface area contributed by atoms with Gasteiger partial charge in [-0.3, -0.25) is 29.0 Å². The molecule has 0 spiro atoms. The quantitative estimate of drug-likeness (QED) is 0.629.